The largest absolute Gasteiger partial charge is 0.504 e. The van der Waals surface area contributed by atoms with Crippen molar-refractivity contribution in [1.29, 1.82) is 0 Å². The van der Waals surface area contributed by atoms with Crippen LogP contribution < -0.4 is 36.5 Å². The topological polar surface area (TPSA) is 455 Å². The highest BCUT2D eigenvalue weighted by Crippen LogP contribution is 2.30. The fourth-order valence-corrected chi connectivity index (χ4v) is 10.4. The van der Waals surface area contributed by atoms with Crippen LogP contribution in [0.15, 0.2) is 18.2 Å². The first-order valence-electron chi connectivity index (χ1n) is 27.3. The van der Waals surface area contributed by atoms with E-state index in [-0.39, 0.29) is 12.0 Å². The maximum Gasteiger partial charge on any atom is 0.446 e. The van der Waals surface area contributed by atoms with Crippen molar-refractivity contribution in [2.75, 3.05) is 13.1 Å². The summed E-state index contributed by atoms with van der Waals surface area (Å²) in [5.41, 5.74) is 5.21. The van der Waals surface area contributed by atoms with Crippen LogP contribution in [0.25, 0.3) is 0 Å². The highest BCUT2D eigenvalue weighted by atomic mass is 32.3. The molecular formula is C51H82N8O20S. The van der Waals surface area contributed by atoms with Crippen LogP contribution in [0.4, 0.5) is 0 Å². The van der Waals surface area contributed by atoms with Crippen molar-refractivity contribution in [2.24, 2.45) is 11.7 Å². The van der Waals surface area contributed by atoms with Crippen LogP contribution in [-0.2, 0) is 55.2 Å². The third-order valence-corrected chi connectivity index (χ3v) is 14.9. The van der Waals surface area contributed by atoms with Gasteiger partial charge in [0.05, 0.1) is 36.9 Å². The Morgan fingerprint density at radius 2 is 1.30 bits per heavy atom. The predicted octanol–water partition coefficient (Wildman–Crippen LogP) is -3.12. The van der Waals surface area contributed by atoms with Crippen molar-refractivity contribution in [3.8, 4) is 11.5 Å². The third-order valence-electron chi connectivity index (χ3n) is 14.5. The number of primary amides is 1. The highest BCUT2D eigenvalue weighted by Gasteiger charge is 2.50. The number of carbonyl (C=O) groups excluding carboxylic acids is 8. The summed E-state index contributed by atoms with van der Waals surface area (Å²) < 4.78 is 36.6. The molecule has 80 heavy (non-hydrogen) atoms. The van der Waals surface area contributed by atoms with Crippen molar-refractivity contribution < 1.29 is 96.4 Å². The number of phenols is 1. The number of phenolic OH excluding ortho intramolecular Hbond substituents is 1. The van der Waals surface area contributed by atoms with Crippen molar-refractivity contribution in [3.05, 3.63) is 23.8 Å². The van der Waals surface area contributed by atoms with Gasteiger partial charge in [0.25, 0.3) is 0 Å². The van der Waals surface area contributed by atoms with Crippen LogP contribution in [0.1, 0.15) is 135 Å². The standard InChI is InChI=1S/C51H82N8O20S/c1-4-5-6-7-8-9-10-11-12-13-14-15-16-17-39(67)53-31-23-36(65)47(71)57-49(73)43-44(68)27(2)25-59(43)51(75)42(35(64)24-38(52)66)56-48(72)41(34(63)20-29-18-19-33(62)37(21-29)79-80(76,77)78)55-46(70)32-22-30(61)26-58(32)50(74)40(28(3)60)54-45(31)69/h18-19,21,27-28,30-32,34-36,40-44,47,60-65,68,71H,4-17,20,22-26H2,1-3H3,(H2,52,66)(H,53,67)(H,54,69)(H,55,70)(H,56,72)(H,57,73)(H,76,77,78)/t27-,28+,30+,31-,32-,34+,35+,36+,40-,41-,42-,43-,44-,47+/m0/s1. The molecule has 3 fully saturated rings. The Morgan fingerprint density at radius 1 is 0.738 bits per heavy atom. The van der Waals surface area contributed by atoms with E-state index in [1.165, 1.54) is 45.4 Å². The fraction of sp³-hybridized carbons (Fsp3) is 0.725. The molecule has 1 aromatic rings. The van der Waals surface area contributed by atoms with Gasteiger partial charge in [-0.2, -0.15) is 8.42 Å². The number of nitrogens with zero attached hydrogens (tertiary/aromatic N) is 2. The minimum atomic E-state index is -5.23. The number of carbonyl (C=O) groups is 8. The number of unbranched alkanes of at least 4 members (excludes halogenated alkanes) is 12. The van der Waals surface area contributed by atoms with E-state index in [1.807, 2.05) is 0 Å². The number of aliphatic hydroxyl groups excluding tert-OH is 7. The SMILES string of the molecule is CCCCCCCCCCCCCCCC(=O)N[C@H]1C[C@@H](O)[C@@H](O)NC(=O)[C@@H]2[C@@H](O)[C@@H](C)CN2C(=O)[C@H]([C@H](O)CC(N)=O)NC(=O)[C@H]([C@H](O)Cc2ccc(O)c(OS(=O)(=O)O)c2)NC(=O)[C@@H]2C[C@@H](O)CN2C(=O)[C@H]([C@@H](C)O)NC1=O. The lowest BCUT2D eigenvalue weighted by molar-refractivity contribution is -0.148. The number of hydrogen-bond donors (Lipinski definition) is 15. The van der Waals surface area contributed by atoms with E-state index in [0.717, 1.165) is 62.1 Å². The number of nitrogens with two attached hydrogens (primary N) is 1. The van der Waals surface area contributed by atoms with Gasteiger partial charge in [0.15, 0.2) is 17.7 Å². The lowest BCUT2D eigenvalue weighted by Gasteiger charge is -2.34. The lowest BCUT2D eigenvalue weighted by atomic mass is 9.98. The molecule has 3 heterocycles. The predicted molar refractivity (Wildman–Crippen MR) is 281 cm³/mol. The summed E-state index contributed by atoms with van der Waals surface area (Å²) in [6.45, 7) is 3.55. The van der Waals surface area contributed by atoms with E-state index in [1.54, 1.807) is 0 Å². The monoisotopic (exact) mass is 1160 g/mol. The van der Waals surface area contributed by atoms with Crippen LogP contribution in [0.3, 0.4) is 0 Å². The number of hydrogen-bond acceptors (Lipinski definition) is 19. The molecule has 3 saturated heterocycles. The molecule has 8 amide bonds. The Kier molecular flexibility index (Phi) is 26.2. The number of fused-ring (bicyclic) bond motifs is 2. The van der Waals surface area contributed by atoms with Gasteiger partial charge in [0.2, 0.25) is 47.3 Å². The number of aromatic hydroxyl groups is 1. The quantitative estimate of drug-likeness (QED) is 0.0360. The summed E-state index contributed by atoms with van der Waals surface area (Å²) in [7, 11) is -5.23. The van der Waals surface area contributed by atoms with Gasteiger partial charge < -0.3 is 87.2 Å². The van der Waals surface area contributed by atoms with Crippen LogP contribution in [0.5, 0.6) is 11.5 Å². The lowest BCUT2D eigenvalue weighted by Crippen LogP contribution is -2.64. The zero-order valence-electron chi connectivity index (χ0n) is 45.4. The van der Waals surface area contributed by atoms with Crippen LogP contribution in [0, 0.1) is 5.92 Å². The molecule has 16 N–H and O–H groups in total. The van der Waals surface area contributed by atoms with Gasteiger partial charge in [-0.25, -0.2) is 0 Å². The minimum absolute atomic E-state index is 0.0968. The number of rotatable bonds is 24. The normalized spacial score (nSPS) is 27.8. The summed E-state index contributed by atoms with van der Waals surface area (Å²) >= 11 is 0. The van der Waals surface area contributed by atoms with Gasteiger partial charge in [-0.1, -0.05) is 97.0 Å². The summed E-state index contributed by atoms with van der Waals surface area (Å²) in [4.78, 5) is 113. The summed E-state index contributed by atoms with van der Waals surface area (Å²) in [5, 5.41) is 100. The number of nitrogens with one attached hydrogen (secondary N) is 5. The van der Waals surface area contributed by atoms with E-state index in [4.69, 9.17) is 5.73 Å². The van der Waals surface area contributed by atoms with E-state index < -0.39 is 193 Å². The van der Waals surface area contributed by atoms with Gasteiger partial charge in [-0.15, -0.1) is 0 Å². The van der Waals surface area contributed by atoms with E-state index in [9.17, 15) is 92.2 Å². The van der Waals surface area contributed by atoms with E-state index >= 15 is 0 Å². The second-order valence-electron chi connectivity index (χ2n) is 21.2. The Hall–Kier alpha value is -5.79. The molecule has 4 rings (SSSR count). The molecule has 452 valence electrons. The van der Waals surface area contributed by atoms with Gasteiger partial charge in [0, 0.05) is 44.7 Å². The molecule has 0 aliphatic carbocycles. The molecule has 0 bridgehead atoms. The molecule has 14 atom stereocenters. The Labute approximate surface area is 464 Å². The number of amides is 8. The van der Waals surface area contributed by atoms with Crippen LogP contribution in [0.2, 0.25) is 0 Å². The first-order chi connectivity index (χ1) is 37.6. The second-order valence-corrected chi connectivity index (χ2v) is 22.2. The smallest absolute Gasteiger partial charge is 0.446 e. The van der Waals surface area contributed by atoms with Gasteiger partial charge >= 0.3 is 10.4 Å². The maximum absolute atomic E-state index is 14.6. The number of aliphatic hydroxyl groups is 7. The summed E-state index contributed by atoms with van der Waals surface area (Å²) in [6.07, 6.45) is -3.75. The molecule has 1 aromatic carbocycles. The molecule has 0 saturated carbocycles. The van der Waals surface area contributed by atoms with Crippen LogP contribution >= 0.6 is 0 Å². The van der Waals surface area contributed by atoms with Crippen molar-refractivity contribution in [2.45, 2.75) is 215 Å². The Balaban J connectivity index is 1.71. The van der Waals surface area contributed by atoms with Crippen molar-refractivity contribution in [1.82, 2.24) is 36.4 Å². The first kappa shape index (κ1) is 66.7. The number of benzene rings is 1. The molecular weight excluding hydrogens is 1080 g/mol. The first-order valence-corrected chi connectivity index (χ1v) is 28.7. The maximum atomic E-state index is 14.6. The summed E-state index contributed by atoms with van der Waals surface area (Å²) in [5.74, 6) is -12.4. The molecule has 28 nitrogen and oxygen atoms in total. The average Bonchev–Trinajstić information content (AvgIpc) is 3.92. The zero-order valence-corrected chi connectivity index (χ0v) is 46.2. The van der Waals surface area contributed by atoms with Crippen LogP contribution in [-0.4, -0.2) is 203 Å². The van der Waals surface area contributed by atoms with Gasteiger partial charge in [-0.05, 0) is 31.0 Å². The molecule has 0 aromatic heterocycles. The Morgan fingerprint density at radius 3 is 1.88 bits per heavy atom. The minimum Gasteiger partial charge on any atom is -0.504 e. The summed E-state index contributed by atoms with van der Waals surface area (Å²) in [6, 6.07) is -9.31. The molecule has 0 spiro atoms. The molecule has 3 aliphatic rings. The van der Waals surface area contributed by atoms with Gasteiger partial charge in [-0.3, -0.25) is 42.9 Å². The second kappa shape index (κ2) is 31.4. The highest BCUT2D eigenvalue weighted by molar-refractivity contribution is 7.81. The van der Waals surface area contributed by atoms with E-state index in [0.29, 0.717) is 17.7 Å². The fourth-order valence-electron chi connectivity index (χ4n) is 10.1. The molecule has 3 aliphatic heterocycles. The molecule has 0 radical (unpaired) electrons. The van der Waals surface area contributed by atoms with E-state index in [2.05, 4.69) is 37.7 Å². The van der Waals surface area contributed by atoms with Crippen molar-refractivity contribution in [3.63, 3.8) is 0 Å². The average molecular weight is 1160 g/mol. The Bertz CT molecular complexity index is 2400. The van der Waals surface area contributed by atoms with Gasteiger partial charge in [0.1, 0.15) is 42.4 Å². The molecule has 0 unspecified atom stereocenters. The van der Waals surface area contributed by atoms with Crippen molar-refractivity contribution >= 4 is 57.7 Å². The third kappa shape index (κ3) is 20.0. The zero-order chi connectivity index (χ0) is 59.6. The molecule has 29 heteroatoms.